The highest BCUT2D eigenvalue weighted by molar-refractivity contribution is 6.29. The van der Waals surface area contributed by atoms with E-state index in [0.717, 1.165) is 5.56 Å². The fourth-order valence-electron chi connectivity index (χ4n) is 4.02. The summed E-state index contributed by atoms with van der Waals surface area (Å²) in [5, 5.41) is 13.1. The Kier molecular flexibility index (Phi) is 8.28. The molecule has 13 heteroatoms. The molecule has 0 atom stereocenters. The third-order valence-corrected chi connectivity index (χ3v) is 5.94. The highest BCUT2D eigenvalue weighted by atomic mass is 35.5. The number of aromatic nitrogens is 4. The molecule has 0 spiro atoms. The molecule has 3 aromatic rings. The second-order valence-corrected chi connectivity index (χ2v) is 8.60. The van der Waals surface area contributed by atoms with Crippen LogP contribution in [0, 0.1) is 0 Å². The van der Waals surface area contributed by atoms with Crippen molar-refractivity contribution in [2.24, 2.45) is 0 Å². The molecule has 1 aliphatic rings. The average molecular weight is 522 g/mol. The van der Waals surface area contributed by atoms with Crippen molar-refractivity contribution in [1.82, 2.24) is 29.5 Å². The van der Waals surface area contributed by atoms with Crippen LogP contribution in [-0.2, 0) is 11.2 Å². The Bertz CT molecular complexity index is 1190. The van der Waals surface area contributed by atoms with Gasteiger partial charge in [-0.1, -0.05) is 29.8 Å². The van der Waals surface area contributed by atoms with Gasteiger partial charge in [-0.15, -0.1) is 0 Å². The number of hydrogen-bond donors (Lipinski definition) is 2. The number of para-hydroxylation sites is 1. The lowest BCUT2D eigenvalue weighted by Gasteiger charge is -2.33. The normalized spacial score (nSPS) is 14.6. The van der Waals surface area contributed by atoms with Crippen LogP contribution in [0.2, 0.25) is 5.15 Å². The fourth-order valence-corrected chi connectivity index (χ4v) is 4.21. The number of piperazine rings is 1. The number of nitrogens with two attached hydrogens (primary N) is 1. The van der Waals surface area contributed by atoms with Gasteiger partial charge in [-0.25, -0.2) is 14.6 Å². The van der Waals surface area contributed by atoms with E-state index in [0.29, 0.717) is 42.2 Å². The Labute approximate surface area is 211 Å². The third-order valence-electron chi connectivity index (χ3n) is 5.75. The number of amides is 1. The number of carbonyl (C=O) groups is 1. The molecule has 0 saturated carbocycles. The Balaban J connectivity index is 1.48. The number of rotatable bonds is 10. The van der Waals surface area contributed by atoms with Gasteiger partial charge in [0.1, 0.15) is 23.2 Å². The molecule has 1 aromatic carbocycles. The Morgan fingerprint density at radius 3 is 2.69 bits per heavy atom. The lowest BCUT2D eigenvalue weighted by atomic mass is 10.0. The molecule has 0 aliphatic carbocycles. The molecule has 10 nitrogen and oxygen atoms in total. The first-order valence-corrected chi connectivity index (χ1v) is 11.7. The predicted octanol–water partition coefficient (Wildman–Crippen LogP) is 2.08. The first-order valence-electron chi connectivity index (χ1n) is 11.3. The van der Waals surface area contributed by atoms with E-state index in [1.807, 2.05) is 23.1 Å². The van der Waals surface area contributed by atoms with Crippen LogP contribution in [0.1, 0.15) is 17.7 Å². The number of carbonyl (C=O) groups excluding carboxylic acids is 1. The van der Waals surface area contributed by atoms with Crippen LogP contribution < -0.4 is 10.5 Å². The maximum Gasteiger partial charge on any atom is 0.333 e. The Morgan fingerprint density at radius 2 is 1.97 bits per heavy atom. The van der Waals surface area contributed by atoms with Crippen molar-refractivity contribution in [3.8, 4) is 17.1 Å². The summed E-state index contributed by atoms with van der Waals surface area (Å²) >= 11 is 5.99. The average Bonchev–Trinajstić information content (AvgIpc) is 3.25. The van der Waals surface area contributed by atoms with Crippen LogP contribution >= 0.6 is 11.6 Å². The van der Waals surface area contributed by atoms with Gasteiger partial charge in [-0.05, 0) is 11.6 Å². The first-order chi connectivity index (χ1) is 17.3. The molecule has 1 aliphatic heterocycles. The molecule has 1 fully saturated rings. The second kappa shape index (κ2) is 11.6. The fraction of sp³-hybridized carbons (Fsp3) is 0.391. The summed E-state index contributed by atoms with van der Waals surface area (Å²) in [5.74, 6) is 0.462. The van der Waals surface area contributed by atoms with Crippen LogP contribution in [-0.4, -0.2) is 86.5 Å². The van der Waals surface area contributed by atoms with Gasteiger partial charge in [0.15, 0.2) is 0 Å². The van der Waals surface area contributed by atoms with E-state index >= 15 is 0 Å². The minimum atomic E-state index is -2.84. The molecule has 36 heavy (non-hydrogen) atoms. The Hall–Kier alpha value is -3.35. The van der Waals surface area contributed by atoms with Crippen LogP contribution in [0.5, 0.6) is 5.75 Å². The number of aliphatic hydroxyl groups is 1. The summed E-state index contributed by atoms with van der Waals surface area (Å²) in [7, 11) is 0. The van der Waals surface area contributed by atoms with Crippen LogP contribution in [0.25, 0.3) is 11.4 Å². The predicted molar refractivity (Wildman–Crippen MR) is 129 cm³/mol. The summed E-state index contributed by atoms with van der Waals surface area (Å²) in [6.45, 7) is -0.149. The summed E-state index contributed by atoms with van der Waals surface area (Å²) < 4.78 is 33.4. The van der Waals surface area contributed by atoms with Crippen molar-refractivity contribution < 1.29 is 23.4 Å². The van der Waals surface area contributed by atoms with Crippen LogP contribution in [0.4, 0.5) is 14.7 Å². The minimum Gasteiger partial charge on any atom is -0.491 e. The van der Waals surface area contributed by atoms with E-state index in [9.17, 15) is 13.6 Å². The number of nitrogen functional groups attached to an aromatic ring is 1. The first kappa shape index (κ1) is 25.7. The quantitative estimate of drug-likeness (QED) is 0.389. The number of aliphatic hydroxyl groups excluding tert-OH is 1. The van der Waals surface area contributed by atoms with E-state index in [2.05, 4.69) is 15.1 Å². The molecule has 0 radical (unpaired) electrons. The molecule has 1 saturated heterocycles. The standard InChI is InChI=1S/C23H26ClF2N7O3/c24-19-12-17(28-23(27)29-19)21-16(13-33(30-21)22(25)26)11-15-3-1-2-4-18(15)36-10-8-32-6-5-31(7-9-34)14-20(32)35/h1-4,12-13,22,34H,5-11,14H2,(H2,27,28,29). The SMILES string of the molecule is Nc1nc(Cl)cc(-c2nn(C(F)F)cc2Cc2ccccc2OCCN2CCN(CCO)CC2=O)n1. The van der Waals surface area contributed by atoms with Crippen molar-refractivity contribution in [2.75, 3.05) is 51.7 Å². The molecule has 0 unspecified atom stereocenters. The summed E-state index contributed by atoms with van der Waals surface area (Å²) in [6.07, 6.45) is 1.49. The van der Waals surface area contributed by atoms with E-state index in [-0.39, 0.29) is 54.6 Å². The molecule has 4 rings (SSSR count). The molecular weight excluding hydrogens is 496 g/mol. The number of ether oxygens (including phenoxy) is 1. The molecule has 0 bridgehead atoms. The van der Waals surface area contributed by atoms with Gasteiger partial charge >= 0.3 is 6.55 Å². The summed E-state index contributed by atoms with van der Waals surface area (Å²) in [5.41, 5.74) is 7.37. The van der Waals surface area contributed by atoms with Crippen LogP contribution in [0.3, 0.4) is 0 Å². The number of alkyl halides is 2. The minimum absolute atomic E-state index is 0.0153. The highest BCUT2D eigenvalue weighted by Gasteiger charge is 2.23. The molecular formula is C23H26ClF2N7O3. The number of hydrogen-bond acceptors (Lipinski definition) is 8. The number of β-amino-alcohol motifs (C(OH)–C–C–N with tert-alkyl or cyclic N) is 1. The molecule has 1 amide bonds. The monoisotopic (exact) mass is 521 g/mol. The highest BCUT2D eigenvalue weighted by Crippen LogP contribution is 2.29. The van der Waals surface area contributed by atoms with Gasteiger partial charge in [0.2, 0.25) is 11.9 Å². The number of anilines is 1. The lowest BCUT2D eigenvalue weighted by Crippen LogP contribution is -2.51. The maximum absolute atomic E-state index is 13.4. The van der Waals surface area contributed by atoms with E-state index in [4.69, 9.17) is 27.2 Å². The van der Waals surface area contributed by atoms with Crippen molar-refractivity contribution in [2.45, 2.75) is 13.0 Å². The zero-order chi connectivity index (χ0) is 25.7. The largest absolute Gasteiger partial charge is 0.491 e. The van der Waals surface area contributed by atoms with Gasteiger partial charge in [-0.3, -0.25) is 9.69 Å². The van der Waals surface area contributed by atoms with Gasteiger partial charge < -0.3 is 20.5 Å². The molecule has 2 aromatic heterocycles. The second-order valence-electron chi connectivity index (χ2n) is 8.21. The van der Waals surface area contributed by atoms with Crippen molar-refractivity contribution >= 4 is 23.5 Å². The third kappa shape index (κ3) is 6.25. The van der Waals surface area contributed by atoms with E-state index in [1.54, 1.807) is 11.0 Å². The summed E-state index contributed by atoms with van der Waals surface area (Å²) in [4.78, 5) is 23.9. The topological polar surface area (TPSA) is 123 Å². The Morgan fingerprint density at radius 1 is 1.17 bits per heavy atom. The van der Waals surface area contributed by atoms with E-state index < -0.39 is 6.55 Å². The van der Waals surface area contributed by atoms with Crippen molar-refractivity contribution in [3.63, 3.8) is 0 Å². The molecule has 3 heterocycles. The summed E-state index contributed by atoms with van der Waals surface area (Å²) in [6, 6.07) is 8.67. The zero-order valence-corrected chi connectivity index (χ0v) is 20.1. The number of nitrogens with zero attached hydrogens (tertiary/aromatic N) is 6. The van der Waals surface area contributed by atoms with Gasteiger partial charge in [0.05, 0.1) is 25.4 Å². The number of halogens is 3. The van der Waals surface area contributed by atoms with Crippen molar-refractivity contribution in [3.05, 3.63) is 52.8 Å². The molecule has 3 N–H and O–H groups in total. The van der Waals surface area contributed by atoms with Gasteiger partial charge in [-0.2, -0.15) is 13.9 Å². The number of benzene rings is 1. The smallest absolute Gasteiger partial charge is 0.333 e. The molecule has 192 valence electrons. The maximum atomic E-state index is 13.4. The van der Waals surface area contributed by atoms with Crippen molar-refractivity contribution in [1.29, 1.82) is 0 Å². The van der Waals surface area contributed by atoms with Gasteiger partial charge in [0.25, 0.3) is 0 Å². The van der Waals surface area contributed by atoms with E-state index in [1.165, 1.54) is 12.3 Å². The van der Waals surface area contributed by atoms with Gasteiger partial charge in [0, 0.05) is 43.9 Å². The van der Waals surface area contributed by atoms with Crippen LogP contribution in [0.15, 0.2) is 36.5 Å². The zero-order valence-electron chi connectivity index (χ0n) is 19.4. The lowest BCUT2D eigenvalue weighted by molar-refractivity contribution is -0.136.